The standard InChI is InChI=1S/C21H24N2O4/c1-15(2)19(22-20(24)13-8-16-6-4-3-5-7-16)14-27-18-11-9-17(10-12-18)21(25)23-26/h3-13,15,19,26H,14H2,1-2H3,(H,22,24)(H,23,25)/t19-/m0/s1. The summed E-state index contributed by atoms with van der Waals surface area (Å²) in [5, 5.41) is 11.6. The van der Waals surface area contributed by atoms with Gasteiger partial charge in [-0.3, -0.25) is 14.8 Å². The van der Waals surface area contributed by atoms with Gasteiger partial charge in [0, 0.05) is 11.6 Å². The molecular formula is C21H24N2O4. The number of ether oxygens (including phenoxy) is 1. The first-order valence-electron chi connectivity index (χ1n) is 8.70. The van der Waals surface area contributed by atoms with Gasteiger partial charge in [-0.25, -0.2) is 5.48 Å². The van der Waals surface area contributed by atoms with Gasteiger partial charge in [-0.1, -0.05) is 44.2 Å². The van der Waals surface area contributed by atoms with Crippen LogP contribution in [0.3, 0.4) is 0 Å². The van der Waals surface area contributed by atoms with Crippen LogP contribution < -0.4 is 15.5 Å². The Bertz CT molecular complexity index is 771. The summed E-state index contributed by atoms with van der Waals surface area (Å²) < 4.78 is 5.73. The van der Waals surface area contributed by atoms with E-state index in [-0.39, 0.29) is 17.9 Å². The van der Waals surface area contributed by atoms with E-state index in [0.717, 1.165) is 5.56 Å². The topological polar surface area (TPSA) is 87.7 Å². The van der Waals surface area contributed by atoms with E-state index in [1.165, 1.54) is 6.08 Å². The van der Waals surface area contributed by atoms with Crippen molar-refractivity contribution in [3.8, 4) is 5.75 Å². The van der Waals surface area contributed by atoms with E-state index < -0.39 is 5.91 Å². The molecule has 1 atom stereocenters. The van der Waals surface area contributed by atoms with Crippen molar-refractivity contribution in [2.75, 3.05) is 6.61 Å². The molecule has 0 saturated carbocycles. The summed E-state index contributed by atoms with van der Waals surface area (Å²) in [5.74, 6) is -0.0158. The van der Waals surface area contributed by atoms with Crippen molar-refractivity contribution in [3.05, 3.63) is 71.8 Å². The number of hydrogen-bond donors (Lipinski definition) is 3. The predicted octanol–water partition coefficient (Wildman–Crippen LogP) is 3.04. The summed E-state index contributed by atoms with van der Waals surface area (Å²) >= 11 is 0. The van der Waals surface area contributed by atoms with E-state index in [0.29, 0.717) is 17.9 Å². The molecule has 6 heteroatoms. The molecule has 142 valence electrons. The average Bonchev–Trinajstić information content (AvgIpc) is 2.70. The summed E-state index contributed by atoms with van der Waals surface area (Å²) in [6.07, 6.45) is 3.27. The fourth-order valence-electron chi connectivity index (χ4n) is 2.32. The zero-order chi connectivity index (χ0) is 19.6. The molecule has 2 aromatic rings. The largest absolute Gasteiger partial charge is 0.491 e. The molecule has 27 heavy (non-hydrogen) atoms. The number of nitrogens with one attached hydrogen (secondary N) is 2. The molecule has 0 aliphatic heterocycles. The average molecular weight is 368 g/mol. The lowest BCUT2D eigenvalue weighted by Crippen LogP contribution is -2.42. The van der Waals surface area contributed by atoms with Crippen LogP contribution in [0.2, 0.25) is 0 Å². The molecule has 0 unspecified atom stereocenters. The smallest absolute Gasteiger partial charge is 0.274 e. The zero-order valence-corrected chi connectivity index (χ0v) is 15.4. The van der Waals surface area contributed by atoms with E-state index >= 15 is 0 Å². The van der Waals surface area contributed by atoms with Gasteiger partial charge < -0.3 is 10.1 Å². The Morgan fingerprint density at radius 2 is 1.74 bits per heavy atom. The Morgan fingerprint density at radius 3 is 2.33 bits per heavy atom. The highest BCUT2D eigenvalue weighted by Gasteiger charge is 2.16. The fraction of sp³-hybridized carbons (Fsp3) is 0.238. The lowest BCUT2D eigenvalue weighted by Gasteiger charge is -2.22. The van der Waals surface area contributed by atoms with Crippen molar-refractivity contribution >= 4 is 17.9 Å². The third-order valence-electron chi connectivity index (χ3n) is 4.01. The van der Waals surface area contributed by atoms with Crippen LogP contribution in [-0.2, 0) is 4.79 Å². The van der Waals surface area contributed by atoms with E-state index in [2.05, 4.69) is 5.32 Å². The molecule has 2 rings (SSSR count). The molecule has 0 saturated heterocycles. The highest BCUT2D eigenvalue weighted by Crippen LogP contribution is 2.14. The van der Waals surface area contributed by atoms with Gasteiger partial charge in [0.25, 0.3) is 5.91 Å². The number of hydrogen-bond acceptors (Lipinski definition) is 4. The Morgan fingerprint density at radius 1 is 1.07 bits per heavy atom. The van der Waals surface area contributed by atoms with Gasteiger partial charge in [0.1, 0.15) is 12.4 Å². The molecule has 2 aromatic carbocycles. The van der Waals surface area contributed by atoms with Crippen LogP contribution in [0.15, 0.2) is 60.7 Å². The Kier molecular flexibility index (Phi) is 7.58. The molecule has 0 aliphatic carbocycles. The first-order chi connectivity index (χ1) is 13.0. The number of carbonyl (C=O) groups excluding carboxylic acids is 2. The molecule has 0 aliphatic rings. The maximum atomic E-state index is 12.2. The third-order valence-corrected chi connectivity index (χ3v) is 4.01. The van der Waals surface area contributed by atoms with E-state index in [9.17, 15) is 9.59 Å². The molecule has 3 N–H and O–H groups in total. The molecule has 0 heterocycles. The van der Waals surface area contributed by atoms with Crippen LogP contribution in [0.5, 0.6) is 5.75 Å². The Hall–Kier alpha value is -3.12. The van der Waals surface area contributed by atoms with Crippen LogP contribution in [0.4, 0.5) is 0 Å². The van der Waals surface area contributed by atoms with Crippen molar-refractivity contribution in [1.29, 1.82) is 0 Å². The Balaban J connectivity index is 1.90. The van der Waals surface area contributed by atoms with Gasteiger partial charge in [0.15, 0.2) is 0 Å². The van der Waals surface area contributed by atoms with Gasteiger partial charge >= 0.3 is 0 Å². The van der Waals surface area contributed by atoms with Crippen LogP contribution >= 0.6 is 0 Å². The zero-order valence-electron chi connectivity index (χ0n) is 15.4. The van der Waals surface area contributed by atoms with Gasteiger partial charge in [-0.05, 0) is 41.8 Å². The van der Waals surface area contributed by atoms with Crippen LogP contribution in [0.1, 0.15) is 29.8 Å². The number of hydroxylamine groups is 1. The van der Waals surface area contributed by atoms with Crippen LogP contribution in [0, 0.1) is 5.92 Å². The minimum Gasteiger partial charge on any atom is -0.491 e. The summed E-state index contributed by atoms with van der Waals surface area (Å²) in [6.45, 7) is 4.31. The van der Waals surface area contributed by atoms with Gasteiger partial charge in [0.2, 0.25) is 5.91 Å². The molecule has 0 bridgehead atoms. The SMILES string of the molecule is CC(C)[C@H](COc1ccc(C(=O)NO)cc1)NC(=O)C=Cc1ccccc1. The summed E-state index contributed by atoms with van der Waals surface area (Å²) in [5.41, 5.74) is 2.86. The molecule has 6 nitrogen and oxygen atoms in total. The third kappa shape index (κ3) is 6.60. The molecule has 0 spiro atoms. The summed E-state index contributed by atoms with van der Waals surface area (Å²) in [6, 6.07) is 15.8. The Labute approximate surface area is 158 Å². The first kappa shape index (κ1) is 20.2. The van der Waals surface area contributed by atoms with E-state index in [1.807, 2.05) is 44.2 Å². The van der Waals surface area contributed by atoms with Gasteiger partial charge in [0.05, 0.1) is 6.04 Å². The van der Waals surface area contributed by atoms with Crippen molar-refractivity contribution in [1.82, 2.24) is 10.8 Å². The maximum absolute atomic E-state index is 12.2. The number of rotatable bonds is 8. The second-order valence-electron chi connectivity index (χ2n) is 6.38. The highest BCUT2D eigenvalue weighted by molar-refractivity contribution is 5.93. The quantitative estimate of drug-likeness (QED) is 0.380. The maximum Gasteiger partial charge on any atom is 0.274 e. The number of benzene rings is 2. The summed E-state index contributed by atoms with van der Waals surface area (Å²) in [4.78, 5) is 23.5. The molecule has 2 amide bonds. The molecule has 0 aromatic heterocycles. The van der Waals surface area contributed by atoms with Crippen molar-refractivity contribution in [2.24, 2.45) is 5.92 Å². The fourth-order valence-corrected chi connectivity index (χ4v) is 2.32. The van der Waals surface area contributed by atoms with E-state index in [4.69, 9.17) is 9.94 Å². The van der Waals surface area contributed by atoms with Crippen LogP contribution in [-0.4, -0.2) is 29.7 Å². The normalized spacial score (nSPS) is 12.0. The summed E-state index contributed by atoms with van der Waals surface area (Å²) in [7, 11) is 0. The van der Waals surface area contributed by atoms with Crippen molar-refractivity contribution in [2.45, 2.75) is 19.9 Å². The van der Waals surface area contributed by atoms with Gasteiger partial charge in [-0.15, -0.1) is 0 Å². The molecule has 0 fully saturated rings. The minimum absolute atomic E-state index is 0.168. The van der Waals surface area contributed by atoms with E-state index in [1.54, 1.807) is 35.8 Å². The van der Waals surface area contributed by atoms with Gasteiger partial charge in [-0.2, -0.15) is 0 Å². The molecular weight excluding hydrogens is 344 g/mol. The highest BCUT2D eigenvalue weighted by atomic mass is 16.5. The predicted molar refractivity (Wildman–Crippen MR) is 103 cm³/mol. The van der Waals surface area contributed by atoms with Crippen LogP contribution in [0.25, 0.3) is 6.08 Å². The lowest BCUT2D eigenvalue weighted by molar-refractivity contribution is -0.117. The lowest BCUT2D eigenvalue weighted by atomic mass is 10.1. The second-order valence-corrected chi connectivity index (χ2v) is 6.38. The number of carbonyl (C=O) groups is 2. The number of amides is 2. The van der Waals surface area contributed by atoms with Crippen molar-refractivity contribution in [3.63, 3.8) is 0 Å². The van der Waals surface area contributed by atoms with Crippen molar-refractivity contribution < 1.29 is 19.5 Å². The molecule has 0 radical (unpaired) electrons. The monoisotopic (exact) mass is 368 g/mol. The first-order valence-corrected chi connectivity index (χ1v) is 8.70. The second kappa shape index (κ2) is 10.1. The minimum atomic E-state index is -0.584.